The van der Waals surface area contributed by atoms with E-state index in [0.717, 1.165) is 12.8 Å². The predicted octanol–water partition coefficient (Wildman–Crippen LogP) is 17.3. The number of hydrogen-bond acceptors (Lipinski definition) is 2. The van der Waals surface area contributed by atoms with Gasteiger partial charge in [-0.25, -0.2) is 0 Å². The number of ether oxygens (including phenoxy) is 1. The molecule has 0 aromatic rings. The molecule has 0 aromatic heterocycles. The number of carbonyl (C=O) groups is 1. The van der Waals surface area contributed by atoms with Gasteiger partial charge in [0.2, 0.25) is 0 Å². The smallest absolute Gasteiger partial charge is 0.305 e. The largest absolute Gasteiger partial charge is 0.466 e. The van der Waals surface area contributed by atoms with Crippen LogP contribution in [0, 0.1) is 0 Å². The Balaban J connectivity index is 3.13. The van der Waals surface area contributed by atoms with Crippen molar-refractivity contribution in [2.45, 2.75) is 290 Å². The second-order valence-electron chi connectivity index (χ2n) is 16.1. The minimum absolute atomic E-state index is 0.0327. The lowest BCUT2D eigenvalue weighted by Crippen LogP contribution is -2.05. The fourth-order valence-electron chi connectivity index (χ4n) is 7.49. The summed E-state index contributed by atoms with van der Waals surface area (Å²) < 4.78 is 5.48. The van der Waals surface area contributed by atoms with Crippen molar-refractivity contribution in [3.05, 3.63) is 0 Å². The molecule has 0 aromatic carbocycles. The zero-order valence-corrected chi connectivity index (χ0v) is 34.4. The Morgan fingerprint density at radius 3 is 0.673 bits per heavy atom. The highest BCUT2D eigenvalue weighted by Gasteiger charge is 2.03. The Labute approximate surface area is 311 Å². The van der Waals surface area contributed by atoms with Gasteiger partial charge in [0, 0.05) is 6.42 Å². The molecule has 49 heavy (non-hydrogen) atoms. The van der Waals surface area contributed by atoms with Gasteiger partial charge in [0.05, 0.1) is 6.61 Å². The Morgan fingerprint density at radius 1 is 0.265 bits per heavy atom. The average Bonchev–Trinajstić information content (AvgIpc) is 3.11. The predicted molar refractivity (Wildman–Crippen MR) is 221 cm³/mol. The van der Waals surface area contributed by atoms with Gasteiger partial charge in [-0.15, -0.1) is 0 Å². The first kappa shape index (κ1) is 48.5. The summed E-state index contributed by atoms with van der Waals surface area (Å²) in [4.78, 5) is 12.0. The van der Waals surface area contributed by atoms with E-state index in [9.17, 15) is 4.79 Å². The number of unbranched alkanes of at least 4 members (excludes halogenated alkanes) is 40. The molecule has 0 saturated heterocycles. The van der Waals surface area contributed by atoms with E-state index >= 15 is 0 Å². The van der Waals surface area contributed by atoms with Gasteiger partial charge in [-0.1, -0.05) is 271 Å². The molecule has 0 rings (SSSR count). The highest BCUT2D eigenvalue weighted by atomic mass is 16.5. The number of hydrogen-bond donors (Lipinski definition) is 0. The number of rotatable bonds is 44. The molecular weight excluding hydrogens is 597 g/mol. The fourth-order valence-corrected chi connectivity index (χ4v) is 7.49. The van der Waals surface area contributed by atoms with Crippen molar-refractivity contribution in [3.63, 3.8) is 0 Å². The van der Waals surface area contributed by atoms with Gasteiger partial charge in [-0.05, 0) is 12.8 Å². The third-order valence-corrected chi connectivity index (χ3v) is 11.0. The van der Waals surface area contributed by atoms with Crippen LogP contribution in [0.25, 0.3) is 0 Å². The molecule has 294 valence electrons. The summed E-state index contributed by atoms with van der Waals surface area (Å²) in [6.07, 6.45) is 59.4. The molecule has 0 bridgehead atoms. The van der Waals surface area contributed by atoms with Crippen LogP contribution in [0.4, 0.5) is 0 Å². The van der Waals surface area contributed by atoms with Gasteiger partial charge in [0.1, 0.15) is 0 Å². The lowest BCUT2D eigenvalue weighted by Gasteiger charge is -2.06. The molecule has 0 N–H and O–H groups in total. The summed E-state index contributed by atoms with van der Waals surface area (Å²) in [5.41, 5.74) is 0. The third-order valence-electron chi connectivity index (χ3n) is 11.0. The topological polar surface area (TPSA) is 26.3 Å². The quantitative estimate of drug-likeness (QED) is 0.0470. The van der Waals surface area contributed by atoms with Crippen molar-refractivity contribution in [1.82, 2.24) is 0 Å². The van der Waals surface area contributed by atoms with Crippen molar-refractivity contribution < 1.29 is 9.53 Å². The lowest BCUT2D eigenvalue weighted by molar-refractivity contribution is -0.143. The number of esters is 1. The van der Waals surface area contributed by atoms with Crippen LogP contribution < -0.4 is 0 Å². The van der Waals surface area contributed by atoms with Crippen LogP contribution in [-0.2, 0) is 9.53 Å². The molecule has 0 amide bonds. The number of carbonyl (C=O) groups excluding carboxylic acids is 1. The molecule has 0 heterocycles. The van der Waals surface area contributed by atoms with Crippen LogP contribution in [-0.4, -0.2) is 12.6 Å². The van der Waals surface area contributed by atoms with Crippen molar-refractivity contribution in [3.8, 4) is 0 Å². The Hall–Kier alpha value is -0.530. The molecule has 0 aliphatic rings. The van der Waals surface area contributed by atoms with Gasteiger partial charge < -0.3 is 4.74 Å². The first-order valence-electron chi connectivity index (χ1n) is 23.5. The van der Waals surface area contributed by atoms with Crippen LogP contribution in [0.1, 0.15) is 290 Å². The van der Waals surface area contributed by atoms with Gasteiger partial charge in [0.25, 0.3) is 0 Å². The van der Waals surface area contributed by atoms with Crippen LogP contribution in [0.15, 0.2) is 0 Å². The molecule has 0 spiro atoms. The van der Waals surface area contributed by atoms with Crippen LogP contribution in [0.3, 0.4) is 0 Å². The molecule has 0 saturated carbocycles. The summed E-state index contributed by atoms with van der Waals surface area (Å²) in [6.45, 7) is 5.24. The third kappa shape index (κ3) is 45.4. The van der Waals surface area contributed by atoms with Gasteiger partial charge in [-0.2, -0.15) is 0 Å². The van der Waals surface area contributed by atoms with E-state index in [2.05, 4.69) is 13.8 Å². The van der Waals surface area contributed by atoms with E-state index < -0.39 is 0 Å². The molecule has 2 heteroatoms. The van der Waals surface area contributed by atoms with Crippen LogP contribution in [0.2, 0.25) is 0 Å². The molecule has 0 radical (unpaired) electrons. The van der Waals surface area contributed by atoms with E-state index in [1.165, 1.54) is 257 Å². The summed E-state index contributed by atoms with van der Waals surface area (Å²) in [6, 6.07) is 0. The summed E-state index contributed by atoms with van der Waals surface area (Å²) in [5, 5.41) is 0. The first-order valence-corrected chi connectivity index (χ1v) is 23.5. The first-order chi connectivity index (χ1) is 24.3. The van der Waals surface area contributed by atoms with Gasteiger partial charge in [0.15, 0.2) is 0 Å². The molecular formula is C47H94O2. The van der Waals surface area contributed by atoms with E-state index in [-0.39, 0.29) is 5.97 Å². The molecule has 0 aliphatic heterocycles. The maximum absolute atomic E-state index is 12.0. The highest BCUT2D eigenvalue weighted by Crippen LogP contribution is 2.17. The molecule has 0 aliphatic carbocycles. The fraction of sp³-hybridized carbons (Fsp3) is 0.979. The lowest BCUT2D eigenvalue weighted by atomic mass is 10.0. The molecule has 0 unspecified atom stereocenters. The summed E-state index contributed by atoms with van der Waals surface area (Å²) in [5.74, 6) is 0.0327. The van der Waals surface area contributed by atoms with E-state index in [0.29, 0.717) is 13.0 Å². The van der Waals surface area contributed by atoms with E-state index in [1.54, 1.807) is 0 Å². The highest BCUT2D eigenvalue weighted by molar-refractivity contribution is 5.69. The van der Waals surface area contributed by atoms with Crippen LogP contribution in [0.5, 0.6) is 0 Å². The summed E-state index contributed by atoms with van der Waals surface area (Å²) >= 11 is 0. The Kier molecular flexibility index (Phi) is 45.0. The van der Waals surface area contributed by atoms with Crippen molar-refractivity contribution in [1.29, 1.82) is 0 Å². The minimum Gasteiger partial charge on any atom is -0.466 e. The van der Waals surface area contributed by atoms with Crippen molar-refractivity contribution in [2.24, 2.45) is 0 Å². The monoisotopic (exact) mass is 691 g/mol. The molecule has 0 fully saturated rings. The SMILES string of the molecule is CCCCCCCCCCCCCCCCCCCCCCCCCCCOC(=O)CCCCCCCCCCCCCCCCCCC. The zero-order valence-electron chi connectivity index (χ0n) is 34.4. The van der Waals surface area contributed by atoms with Gasteiger partial charge >= 0.3 is 5.97 Å². The Morgan fingerprint density at radius 2 is 0.449 bits per heavy atom. The standard InChI is InChI=1S/C47H94O2/c1-3-5-7-9-11-13-15-17-19-21-22-23-24-25-26-27-28-30-32-34-36-38-40-42-44-46-49-47(48)45-43-41-39-37-35-33-31-29-20-18-16-14-12-10-8-6-4-2/h3-46H2,1-2H3. The Bertz CT molecular complexity index is 587. The molecule has 2 nitrogen and oxygen atoms in total. The van der Waals surface area contributed by atoms with Crippen LogP contribution >= 0.6 is 0 Å². The molecule has 0 atom stereocenters. The average molecular weight is 691 g/mol. The maximum Gasteiger partial charge on any atom is 0.305 e. The van der Waals surface area contributed by atoms with Crippen molar-refractivity contribution >= 4 is 5.97 Å². The van der Waals surface area contributed by atoms with E-state index in [1.807, 2.05) is 0 Å². The minimum atomic E-state index is 0.0327. The van der Waals surface area contributed by atoms with E-state index in [4.69, 9.17) is 4.74 Å². The maximum atomic E-state index is 12.0. The second kappa shape index (κ2) is 45.5. The van der Waals surface area contributed by atoms with Gasteiger partial charge in [-0.3, -0.25) is 4.79 Å². The zero-order chi connectivity index (χ0) is 35.4. The van der Waals surface area contributed by atoms with Crippen molar-refractivity contribution in [2.75, 3.05) is 6.61 Å². The second-order valence-corrected chi connectivity index (χ2v) is 16.1. The normalized spacial score (nSPS) is 11.5. The summed E-state index contributed by atoms with van der Waals surface area (Å²) in [7, 11) is 0.